The molecule has 0 saturated carbocycles. The molecule has 1 aromatic heterocycles. The Morgan fingerprint density at radius 1 is 1.13 bits per heavy atom. The highest BCUT2D eigenvalue weighted by Crippen LogP contribution is 2.19. The SMILES string of the molecule is CC(C)c1[nH]ncc1CN1CCN(Cc2cccc(Br)c2)CC1. The lowest BCUT2D eigenvalue weighted by Crippen LogP contribution is -2.45. The van der Waals surface area contributed by atoms with Crippen LogP contribution >= 0.6 is 15.9 Å². The molecule has 1 saturated heterocycles. The topological polar surface area (TPSA) is 35.2 Å². The van der Waals surface area contributed by atoms with Crippen LogP contribution in [-0.4, -0.2) is 46.2 Å². The van der Waals surface area contributed by atoms with E-state index in [1.807, 2.05) is 6.20 Å². The molecule has 0 spiro atoms. The van der Waals surface area contributed by atoms with Gasteiger partial charge in [0, 0.05) is 55.0 Å². The Kier molecular flexibility index (Phi) is 5.51. The van der Waals surface area contributed by atoms with Gasteiger partial charge >= 0.3 is 0 Å². The summed E-state index contributed by atoms with van der Waals surface area (Å²) in [7, 11) is 0. The quantitative estimate of drug-likeness (QED) is 0.865. The maximum Gasteiger partial charge on any atom is 0.0535 e. The first-order chi connectivity index (χ1) is 11.1. The fourth-order valence-corrected chi connectivity index (χ4v) is 3.63. The average Bonchev–Trinajstić information content (AvgIpc) is 2.98. The molecule has 0 radical (unpaired) electrons. The molecule has 4 nitrogen and oxygen atoms in total. The van der Waals surface area contributed by atoms with Crippen molar-refractivity contribution < 1.29 is 0 Å². The van der Waals surface area contributed by atoms with Crippen molar-refractivity contribution in [3.63, 3.8) is 0 Å². The molecule has 0 aliphatic carbocycles. The zero-order valence-corrected chi connectivity index (χ0v) is 15.5. The third-order valence-electron chi connectivity index (χ3n) is 4.48. The smallest absolute Gasteiger partial charge is 0.0535 e. The number of nitrogens with zero attached hydrogens (tertiary/aromatic N) is 3. The number of benzene rings is 1. The Hall–Kier alpha value is -1.17. The van der Waals surface area contributed by atoms with Crippen LogP contribution in [0, 0.1) is 0 Å². The van der Waals surface area contributed by atoms with Gasteiger partial charge in [-0.05, 0) is 23.6 Å². The molecular weight excluding hydrogens is 352 g/mol. The summed E-state index contributed by atoms with van der Waals surface area (Å²) in [5.41, 5.74) is 4.01. The van der Waals surface area contributed by atoms with Crippen LogP contribution in [0.3, 0.4) is 0 Å². The normalized spacial score (nSPS) is 17.0. The largest absolute Gasteiger partial charge is 0.297 e. The van der Waals surface area contributed by atoms with Crippen LogP contribution in [0.1, 0.15) is 36.6 Å². The standard InChI is InChI=1S/C18H25BrN4/c1-14(2)18-16(11-20-21-18)13-23-8-6-22(7-9-23)12-15-4-3-5-17(19)10-15/h3-5,10-11,14H,6-9,12-13H2,1-2H3,(H,20,21). The molecule has 1 aromatic carbocycles. The van der Waals surface area contributed by atoms with Crippen LogP contribution < -0.4 is 0 Å². The fourth-order valence-electron chi connectivity index (χ4n) is 3.19. The second-order valence-electron chi connectivity index (χ2n) is 6.65. The molecule has 23 heavy (non-hydrogen) atoms. The molecule has 1 aliphatic rings. The number of hydrogen-bond donors (Lipinski definition) is 1. The van der Waals surface area contributed by atoms with E-state index in [0.717, 1.165) is 43.7 Å². The van der Waals surface area contributed by atoms with Crippen molar-refractivity contribution in [1.82, 2.24) is 20.0 Å². The molecule has 5 heteroatoms. The minimum Gasteiger partial charge on any atom is -0.297 e. The summed E-state index contributed by atoms with van der Waals surface area (Å²) in [5, 5.41) is 7.37. The van der Waals surface area contributed by atoms with Gasteiger partial charge in [0.25, 0.3) is 0 Å². The zero-order valence-electron chi connectivity index (χ0n) is 13.9. The highest BCUT2D eigenvalue weighted by atomic mass is 79.9. The van der Waals surface area contributed by atoms with E-state index in [1.54, 1.807) is 0 Å². The van der Waals surface area contributed by atoms with Gasteiger partial charge in [-0.2, -0.15) is 5.10 Å². The summed E-state index contributed by atoms with van der Waals surface area (Å²) in [5.74, 6) is 0.505. The minimum absolute atomic E-state index is 0.505. The lowest BCUT2D eigenvalue weighted by Gasteiger charge is -2.34. The molecule has 1 fully saturated rings. The Balaban J connectivity index is 1.51. The van der Waals surface area contributed by atoms with Crippen molar-refractivity contribution in [3.8, 4) is 0 Å². The van der Waals surface area contributed by atoms with Gasteiger partial charge in [0.1, 0.15) is 0 Å². The maximum atomic E-state index is 4.22. The minimum atomic E-state index is 0.505. The first-order valence-electron chi connectivity index (χ1n) is 8.33. The highest BCUT2D eigenvalue weighted by Gasteiger charge is 2.19. The van der Waals surface area contributed by atoms with Crippen LogP contribution in [0.25, 0.3) is 0 Å². The molecule has 0 bridgehead atoms. The molecule has 0 amide bonds. The third-order valence-corrected chi connectivity index (χ3v) is 4.98. The van der Waals surface area contributed by atoms with Crippen molar-refractivity contribution in [1.29, 1.82) is 0 Å². The van der Waals surface area contributed by atoms with Gasteiger partial charge in [-0.25, -0.2) is 0 Å². The molecule has 0 atom stereocenters. The third kappa shape index (κ3) is 4.43. The molecule has 2 heterocycles. The van der Waals surface area contributed by atoms with Crippen molar-refractivity contribution >= 4 is 15.9 Å². The van der Waals surface area contributed by atoms with Gasteiger partial charge in [0.05, 0.1) is 6.20 Å². The number of hydrogen-bond acceptors (Lipinski definition) is 3. The van der Waals surface area contributed by atoms with Crippen LogP contribution in [-0.2, 0) is 13.1 Å². The first kappa shape index (κ1) is 16.7. The van der Waals surface area contributed by atoms with Gasteiger partial charge in [0.15, 0.2) is 0 Å². The van der Waals surface area contributed by atoms with Crippen molar-refractivity contribution in [2.75, 3.05) is 26.2 Å². The molecule has 1 aliphatic heterocycles. The van der Waals surface area contributed by atoms with Gasteiger partial charge < -0.3 is 0 Å². The van der Waals surface area contributed by atoms with Crippen molar-refractivity contribution in [2.45, 2.75) is 32.9 Å². The number of piperazine rings is 1. The molecule has 0 unspecified atom stereocenters. The number of halogens is 1. The van der Waals surface area contributed by atoms with Gasteiger partial charge in [-0.1, -0.05) is 41.9 Å². The summed E-state index contributed by atoms with van der Waals surface area (Å²) in [4.78, 5) is 5.07. The molecule has 2 aromatic rings. The fraction of sp³-hybridized carbons (Fsp3) is 0.500. The lowest BCUT2D eigenvalue weighted by atomic mass is 10.1. The summed E-state index contributed by atoms with van der Waals surface area (Å²) >= 11 is 3.55. The van der Waals surface area contributed by atoms with Gasteiger partial charge in [-0.15, -0.1) is 0 Å². The van der Waals surface area contributed by atoms with Gasteiger partial charge in [-0.3, -0.25) is 14.9 Å². The van der Waals surface area contributed by atoms with Crippen LogP contribution in [0.2, 0.25) is 0 Å². The Labute approximate surface area is 147 Å². The van der Waals surface area contributed by atoms with E-state index < -0.39 is 0 Å². The Morgan fingerprint density at radius 3 is 2.48 bits per heavy atom. The van der Waals surface area contributed by atoms with E-state index in [0.29, 0.717) is 5.92 Å². The number of aromatic amines is 1. The van der Waals surface area contributed by atoms with Crippen molar-refractivity contribution in [3.05, 3.63) is 51.8 Å². The number of aromatic nitrogens is 2. The maximum absolute atomic E-state index is 4.22. The number of rotatable bonds is 5. The zero-order chi connectivity index (χ0) is 16.2. The molecule has 3 rings (SSSR count). The highest BCUT2D eigenvalue weighted by molar-refractivity contribution is 9.10. The van der Waals surface area contributed by atoms with E-state index in [9.17, 15) is 0 Å². The predicted octanol–water partition coefficient (Wildman–Crippen LogP) is 3.61. The average molecular weight is 377 g/mol. The summed E-state index contributed by atoms with van der Waals surface area (Å²) in [6.07, 6.45) is 1.99. The van der Waals surface area contributed by atoms with Crippen LogP contribution in [0.15, 0.2) is 34.9 Å². The Morgan fingerprint density at radius 2 is 1.83 bits per heavy atom. The van der Waals surface area contributed by atoms with E-state index >= 15 is 0 Å². The molecule has 1 N–H and O–H groups in total. The van der Waals surface area contributed by atoms with Crippen LogP contribution in [0.5, 0.6) is 0 Å². The van der Waals surface area contributed by atoms with Crippen LogP contribution in [0.4, 0.5) is 0 Å². The van der Waals surface area contributed by atoms with E-state index in [-0.39, 0.29) is 0 Å². The van der Waals surface area contributed by atoms with E-state index in [2.05, 4.69) is 74.0 Å². The second-order valence-corrected chi connectivity index (χ2v) is 7.56. The summed E-state index contributed by atoms with van der Waals surface area (Å²) < 4.78 is 1.16. The monoisotopic (exact) mass is 376 g/mol. The number of H-pyrrole nitrogens is 1. The first-order valence-corrected chi connectivity index (χ1v) is 9.12. The molecule has 124 valence electrons. The van der Waals surface area contributed by atoms with E-state index in [4.69, 9.17) is 0 Å². The summed E-state index contributed by atoms with van der Waals surface area (Å²) in [6.45, 7) is 11.0. The Bertz CT molecular complexity index is 629. The second kappa shape index (κ2) is 7.60. The predicted molar refractivity (Wildman–Crippen MR) is 97.4 cm³/mol. The van der Waals surface area contributed by atoms with Gasteiger partial charge in [0.2, 0.25) is 0 Å². The molecular formula is C18H25BrN4. The lowest BCUT2D eigenvalue weighted by molar-refractivity contribution is 0.121. The summed E-state index contributed by atoms with van der Waals surface area (Å²) in [6, 6.07) is 8.62. The number of nitrogens with one attached hydrogen (secondary N) is 1. The van der Waals surface area contributed by atoms with Crippen molar-refractivity contribution in [2.24, 2.45) is 0 Å². The van der Waals surface area contributed by atoms with E-state index in [1.165, 1.54) is 16.8 Å².